The molecular weight excluding hydrogens is 230 g/mol. The highest BCUT2D eigenvalue weighted by Crippen LogP contribution is 2.28. The largest absolute Gasteiger partial charge is 0.192 e. The number of hydrogen-bond donors (Lipinski definition) is 0. The van der Waals surface area contributed by atoms with Gasteiger partial charge in [0.05, 0.1) is 5.56 Å². The van der Waals surface area contributed by atoms with Crippen LogP contribution in [0.25, 0.3) is 11.1 Å². The summed E-state index contributed by atoms with van der Waals surface area (Å²) in [4.78, 5) is 0. The van der Waals surface area contributed by atoms with Crippen molar-refractivity contribution in [2.24, 2.45) is 0 Å². The highest BCUT2D eigenvalue weighted by atomic mass is 14.3. The molecule has 2 aromatic rings. The van der Waals surface area contributed by atoms with E-state index in [4.69, 9.17) is 0 Å². The lowest BCUT2D eigenvalue weighted by Crippen LogP contribution is -1.97. The molecule has 2 rings (SSSR count). The maximum atomic E-state index is 9.53. The summed E-state index contributed by atoms with van der Waals surface area (Å²) >= 11 is 0. The second-order valence-corrected chi connectivity index (χ2v) is 4.86. The first-order chi connectivity index (χ1) is 9.27. The van der Waals surface area contributed by atoms with Gasteiger partial charge >= 0.3 is 0 Å². The summed E-state index contributed by atoms with van der Waals surface area (Å²) in [7, 11) is 0. The Labute approximate surface area is 115 Å². The molecule has 0 fully saturated rings. The van der Waals surface area contributed by atoms with Crippen molar-refractivity contribution in [3.8, 4) is 17.2 Å². The second-order valence-electron chi connectivity index (χ2n) is 4.86. The summed E-state index contributed by atoms with van der Waals surface area (Å²) in [5, 5.41) is 9.53. The van der Waals surface area contributed by atoms with Crippen LogP contribution < -0.4 is 0 Å². The van der Waals surface area contributed by atoms with Crippen LogP contribution in [0.15, 0.2) is 42.5 Å². The molecule has 19 heavy (non-hydrogen) atoms. The molecule has 1 nitrogen and oxygen atoms in total. The minimum Gasteiger partial charge on any atom is -0.192 e. The summed E-state index contributed by atoms with van der Waals surface area (Å²) in [5.74, 6) is 0. The molecule has 1 heteroatoms. The van der Waals surface area contributed by atoms with Crippen LogP contribution in [0.3, 0.4) is 0 Å². The highest BCUT2D eigenvalue weighted by molar-refractivity contribution is 5.73. The Balaban J connectivity index is 2.54. The van der Waals surface area contributed by atoms with Gasteiger partial charge in [0.15, 0.2) is 0 Å². The van der Waals surface area contributed by atoms with Gasteiger partial charge in [0.2, 0.25) is 0 Å². The average Bonchev–Trinajstić information content (AvgIpc) is 2.46. The van der Waals surface area contributed by atoms with Crippen molar-refractivity contribution in [1.82, 2.24) is 0 Å². The zero-order chi connectivity index (χ0) is 13.7. The monoisotopic (exact) mass is 249 g/mol. The fraction of sp³-hybridized carbons (Fsp3) is 0.278. The number of nitriles is 1. The van der Waals surface area contributed by atoms with Gasteiger partial charge in [0, 0.05) is 0 Å². The van der Waals surface area contributed by atoms with Gasteiger partial charge in [0.1, 0.15) is 6.07 Å². The number of nitrogens with zero attached hydrogens (tertiary/aromatic N) is 1. The van der Waals surface area contributed by atoms with E-state index in [0.29, 0.717) is 0 Å². The van der Waals surface area contributed by atoms with Gasteiger partial charge < -0.3 is 0 Å². The maximum Gasteiger partial charge on any atom is 0.100 e. The topological polar surface area (TPSA) is 23.8 Å². The van der Waals surface area contributed by atoms with Crippen LogP contribution in [0.4, 0.5) is 0 Å². The minimum atomic E-state index is 0.847. The summed E-state index contributed by atoms with van der Waals surface area (Å²) in [6.45, 7) is 4.28. The van der Waals surface area contributed by atoms with E-state index >= 15 is 0 Å². The van der Waals surface area contributed by atoms with Gasteiger partial charge in [-0.05, 0) is 42.0 Å². The average molecular weight is 249 g/mol. The summed E-state index contributed by atoms with van der Waals surface area (Å²) in [6, 6.07) is 16.8. The zero-order valence-electron chi connectivity index (χ0n) is 11.6. The minimum absolute atomic E-state index is 0.847. The van der Waals surface area contributed by atoms with Crippen molar-refractivity contribution in [2.75, 3.05) is 0 Å². The van der Waals surface area contributed by atoms with Crippen molar-refractivity contribution < 1.29 is 0 Å². The first-order valence-electron chi connectivity index (χ1n) is 6.86. The number of unbranched alkanes of at least 4 members (excludes halogenated alkanes) is 1. The molecule has 96 valence electrons. The molecule has 0 aromatic heterocycles. The lowest BCUT2D eigenvalue weighted by atomic mass is 9.90. The molecule has 0 unspecified atom stereocenters. The van der Waals surface area contributed by atoms with Crippen LogP contribution in [0.1, 0.15) is 36.5 Å². The third-order valence-electron chi connectivity index (χ3n) is 3.52. The molecule has 0 amide bonds. The fourth-order valence-corrected chi connectivity index (χ4v) is 2.41. The van der Waals surface area contributed by atoms with Crippen molar-refractivity contribution in [2.45, 2.75) is 33.1 Å². The second kappa shape index (κ2) is 6.20. The smallest absolute Gasteiger partial charge is 0.100 e. The van der Waals surface area contributed by atoms with Gasteiger partial charge in [0.25, 0.3) is 0 Å². The van der Waals surface area contributed by atoms with Crippen LogP contribution in [0.5, 0.6) is 0 Å². The van der Waals surface area contributed by atoms with Crippen LogP contribution in [0, 0.1) is 18.3 Å². The first kappa shape index (κ1) is 13.4. The van der Waals surface area contributed by atoms with Crippen molar-refractivity contribution in [3.05, 3.63) is 59.2 Å². The molecule has 0 spiro atoms. The summed E-state index contributed by atoms with van der Waals surface area (Å²) in [5.41, 5.74) is 5.46. The normalized spacial score (nSPS) is 10.2. The quantitative estimate of drug-likeness (QED) is 0.757. The molecule has 0 bridgehead atoms. The predicted octanol–water partition coefficient (Wildman–Crippen LogP) is 4.88. The van der Waals surface area contributed by atoms with E-state index in [-0.39, 0.29) is 0 Å². The molecule has 0 heterocycles. The number of benzene rings is 2. The Bertz CT molecular complexity index is 591. The lowest BCUT2D eigenvalue weighted by Gasteiger charge is -2.12. The van der Waals surface area contributed by atoms with E-state index in [1.807, 2.05) is 18.2 Å². The van der Waals surface area contributed by atoms with Crippen molar-refractivity contribution >= 4 is 0 Å². The van der Waals surface area contributed by atoms with E-state index in [0.717, 1.165) is 36.0 Å². The molecule has 0 saturated carbocycles. The number of hydrogen-bond acceptors (Lipinski definition) is 1. The predicted molar refractivity (Wildman–Crippen MR) is 79.9 cm³/mol. The van der Waals surface area contributed by atoms with Crippen LogP contribution in [-0.2, 0) is 6.42 Å². The number of aryl methyl sites for hydroxylation is 1. The Kier molecular flexibility index (Phi) is 4.36. The SMILES string of the molecule is CCCCc1c(C)ccc(-c2ccccc2)c1C#N. The van der Waals surface area contributed by atoms with Gasteiger partial charge in [-0.3, -0.25) is 0 Å². The standard InChI is InChI=1S/C18H19N/c1-3-4-10-16-14(2)11-12-17(18(16)13-19)15-8-6-5-7-9-15/h5-9,11-12H,3-4,10H2,1-2H3. The molecule has 2 aromatic carbocycles. The first-order valence-corrected chi connectivity index (χ1v) is 6.86. The van der Waals surface area contributed by atoms with E-state index in [1.165, 1.54) is 11.1 Å². The van der Waals surface area contributed by atoms with Crippen molar-refractivity contribution in [3.63, 3.8) is 0 Å². The maximum absolute atomic E-state index is 9.53. The van der Waals surface area contributed by atoms with E-state index in [1.54, 1.807) is 0 Å². The highest BCUT2D eigenvalue weighted by Gasteiger charge is 2.11. The van der Waals surface area contributed by atoms with Crippen molar-refractivity contribution in [1.29, 1.82) is 5.26 Å². The molecule has 0 saturated heterocycles. The molecule has 0 N–H and O–H groups in total. The molecule has 0 aliphatic carbocycles. The van der Waals surface area contributed by atoms with Crippen LogP contribution in [0.2, 0.25) is 0 Å². The third-order valence-corrected chi connectivity index (χ3v) is 3.52. The Morgan fingerprint density at radius 2 is 1.79 bits per heavy atom. The van der Waals surface area contributed by atoms with E-state index in [9.17, 15) is 5.26 Å². The molecule has 0 radical (unpaired) electrons. The van der Waals surface area contributed by atoms with E-state index in [2.05, 4.69) is 44.2 Å². The molecule has 0 aliphatic rings. The molecule has 0 aliphatic heterocycles. The Morgan fingerprint density at radius 3 is 2.42 bits per heavy atom. The third kappa shape index (κ3) is 2.85. The Morgan fingerprint density at radius 1 is 1.05 bits per heavy atom. The van der Waals surface area contributed by atoms with Gasteiger partial charge in [-0.1, -0.05) is 55.8 Å². The summed E-state index contributed by atoms with van der Waals surface area (Å²) < 4.78 is 0. The Hall–Kier alpha value is -2.07. The molecule has 0 atom stereocenters. The van der Waals surface area contributed by atoms with Gasteiger partial charge in [-0.15, -0.1) is 0 Å². The van der Waals surface area contributed by atoms with Crippen LogP contribution in [-0.4, -0.2) is 0 Å². The van der Waals surface area contributed by atoms with Gasteiger partial charge in [-0.2, -0.15) is 5.26 Å². The fourth-order valence-electron chi connectivity index (χ4n) is 2.41. The van der Waals surface area contributed by atoms with Crippen LogP contribution >= 0.6 is 0 Å². The lowest BCUT2D eigenvalue weighted by molar-refractivity contribution is 0.790. The summed E-state index contributed by atoms with van der Waals surface area (Å²) in [6.07, 6.45) is 3.28. The zero-order valence-corrected chi connectivity index (χ0v) is 11.6. The van der Waals surface area contributed by atoms with Gasteiger partial charge in [-0.25, -0.2) is 0 Å². The number of rotatable bonds is 4. The van der Waals surface area contributed by atoms with E-state index < -0.39 is 0 Å². The molecular formula is C18H19N.